The van der Waals surface area contributed by atoms with E-state index >= 15 is 0 Å². The lowest BCUT2D eigenvalue weighted by Crippen LogP contribution is -2.07. The van der Waals surface area contributed by atoms with Crippen molar-refractivity contribution in [2.45, 2.75) is 19.5 Å². The molecule has 0 aliphatic heterocycles. The molecule has 2 aromatic carbocycles. The van der Waals surface area contributed by atoms with Crippen LogP contribution in [0.5, 0.6) is 0 Å². The fraction of sp³-hybridized carbons (Fsp3) is 0.188. The van der Waals surface area contributed by atoms with Crippen molar-refractivity contribution in [1.29, 1.82) is 0 Å². The van der Waals surface area contributed by atoms with Crippen LogP contribution in [0.3, 0.4) is 0 Å². The second kappa shape index (κ2) is 7.23. The fourth-order valence-corrected chi connectivity index (χ4v) is 2.28. The Bertz CT molecular complexity index is 728. The Morgan fingerprint density at radius 1 is 1.13 bits per heavy atom. The van der Waals surface area contributed by atoms with Gasteiger partial charge in [0, 0.05) is 5.02 Å². The van der Waals surface area contributed by atoms with Crippen LogP contribution in [0.25, 0.3) is 0 Å². The minimum Gasteiger partial charge on any atom is -0.277 e. The number of hydrogen-bond donors (Lipinski definition) is 1. The first-order chi connectivity index (χ1) is 10.8. The Hall–Kier alpha value is -1.72. The van der Waals surface area contributed by atoms with E-state index in [2.05, 4.69) is 10.5 Å². The van der Waals surface area contributed by atoms with Gasteiger partial charge in [-0.2, -0.15) is 18.3 Å². The molecule has 0 aliphatic carbocycles. The van der Waals surface area contributed by atoms with Crippen LogP contribution in [0, 0.1) is 0 Å². The molecular formula is C16H13Cl2F3N2. The molecule has 0 saturated carbocycles. The van der Waals surface area contributed by atoms with Crippen molar-refractivity contribution in [3.8, 4) is 0 Å². The zero-order chi connectivity index (χ0) is 17.0. The second-order valence-corrected chi connectivity index (χ2v) is 5.57. The normalized spacial score (nSPS) is 12.3. The Kier molecular flexibility index (Phi) is 5.55. The summed E-state index contributed by atoms with van der Waals surface area (Å²) in [7, 11) is 0. The molecule has 23 heavy (non-hydrogen) atoms. The average Bonchev–Trinajstić information content (AvgIpc) is 2.48. The van der Waals surface area contributed by atoms with Gasteiger partial charge in [-0.3, -0.25) is 5.43 Å². The van der Waals surface area contributed by atoms with Crippen LogP contribution in [0.4, 0.5) is 18.9 Å². The van der Waals surface area contributed by atoms with E-state index in [1.165, 1.54) is 6.07 Å². The molecule has 0 aromatic heterocycles. The number of anilines is 1. The summed E-state index contributed by atoms with van der Waals surface area (Å²) in [5.74, 6) is 0. The predicted molar refractivity (Wildman–Crippen MR) is 88.4 cm³/mol. The first kappa shape index (κ1) is 17.6. The summed E-state index contributed by atoms with van der Waals surface area (Å²) >= 11 is 11.9. The molecule has 0 radical (unpaired) electrons. The van der Waals surface area contributed by atoms with Crippen molar-refractivity contribution >= 4 is 34.6 Å². The lowest BCUT2D eigenvalue weighted by Gasteiger charge is -2.11. The van der Waals surface area contributed by atoms with Crippen molar-refractivity contribution in [1.82, 2.24) is 0 Å². The number of halogens is 5. The third kappa shape index (κ3) is 4.62. The van der Waals surface area contributed by atoms with Crippen LogP contribution < -0.4 is 5.43 Å². The van der Waals surface area contributed by atoms with Crippen molar-refractivity contribution in [2.24, 2.45) is 5.10 Å². The van der Waals surface area contributed by atoms with Gasteiger partial charge in [-0.15, -0.1) is 0 Å². The molecule has 2 aromatic rings. The van der Waals surface area contributed by atoms with E-state index in [9.17, 15) is 13.2 Å². The van der Waals surface area contributed by atoms with Crippen LogP contribution in [0.15, 0.2) is 47.6 Å². The van der Waals surface area contributed by atoms with Crippen LogP contribution in [0.2, 0.25) is 10.0 Å². The van der Waals surface area contributed by atoms with Gasteiger partial charge in [0.25, 0.3) is 0 Å². The zero-order valence-corrected chi connectivity index (χ0v) is 13.6. The monoisotopic (exact) mass is 360 g/mol. The molecule has 0 spiro atoms. The number of rotatable bonds is 4. The van der Waals surface area contributed by atoms with E-state index in [-0.39, 0.29) is 10.7 Å². The van der Waals surface area contributed by atoms with Crippen molar-refractivity contribution in [3.63, 3.8) is 0 Å². The smallest absolute Gasteiger partial charge is 0.277 e. The summed E-state index contributed by atoms with van der Waals surface area (Å²) in [5, 5.41) is 4.88. The van der Waals surface area contributed by atoms with Crippen LogP contribution in [-0.2, 0) is 6.18 Å². The lowest BCUT2D eigenvalue weighted by atomic mass is 10.1. The van der Waals surface area contributed by atoms with E-state index in [0.717, 1.165) is 17.7 Å². The molecule has 0 atom stereocenters. The Morgan fingerprint density at radius 3 is 2.48 bits per heavy atom. The maximum absolute atomic E-state index is 12.8. The van der Waals surface area contributed by atoms with Gasteiger partial charge in [0.05, 0.1) is 22.0 Å². The first-order valence-corrected chi connectivity index (χ1v) is 7.52. The van der Waals surface area contributed by atoms with Gasteiger partial charge in [-0.05, 0) is 42.3 Å². The number of alkyl halides is 3. The average molecular weight is 361 g/mol. The molecule has 0 aliphatic rings. The standard InChI is InChI=1S/C16H13Cl2F3N2/c1-2-14(10-4-3-5-12(17)8-10)22-23-15-9-11(16(19,20)21)6-7-13(15)18/h3-9,23H,2H2,1H3/b22-14+. The summed E-state index contributed by atoms with van der Waals surface area (Å²) in [5.41, 5.74) is 3.35. The van der Waals surface area contributed by atoms with E-state index in [4.69, 9.17) is 23.2 Å². The molecule has 0 amide bonds. The first-order valence-electron chi connectivity index (χ1n) is 6.76. The molecule has 0 fully saturated rings. The molecule has 2 nitrogen and oxygen atoms in total. The molecule has 122 valence electrons. The van der Waals surface area contributed by atoms with Crippen LogP contribution in [0.1, 0.15) is 24.5 Å². The molecular weight excluding hydrogens is 348 g/mol. The maximum atomic E-state index is 12.8. The Labute approximate surface area is 141 Å². The van der Waals surface area contributed by atoms with Gasteiger partial charge in [-0.25, -0.2) is 0 Å². The van der Waals surface area contributed by atoms with Gasteiger partial charge < -0.3 is 0 Å². The minimum atomic E-state index is -4.44. The van der Waals surface area contributed by atoms with Gasteiger partial charge in [0.15, 0.2) is 0 Å². The van der Waals surface area contributed by atoms with Gasteiger partial charge in [0.1, 0.15) is 0 Å². The number of hydrazone groups is 1. The number of benzene rings is 2. The quantitative estimate of drug-likeness (QED) is 0.506. The van der Waals surface area contributed by atoms with E-state index in [0.29, 0.717) is 17.2 Å². The Balaban J connectivity index is 2.30. The predicted octanol–water partition coefficient (Wildman–Crippen LogP) is 6.24. The summed E-state index contributed by atoms with van der Waals surface area (Å²) < 4.78 is 38.3. The molecule has 0 bridgehead atoms. The molecule has 7 heteroatoms. The van der Waals surface area contributed by atoms with E-state index < -0.39 is 11.7 Å². The summed E-state index contributed by atoms with van der Waals surface area (Å²) in [6.07, 6.45) is -3.87. The van der Waals surface area contributed by atoms with Crippen molar-refractivity contribution in [2.75, 3.05) is 5.43 Å². The molecule has 2 rings (SSSR count). The SMILES string of the molecule is CC/C(=N\Nc1cc(C(F)(F)F)ccc1Cl)c1cccc(Cl)c1. The highest BCUT2D eigenvalue weighted by molar-refractivity contribution is 6.33. The summed E-state index contributed by atoms with van der Waals surface area (Å²) in [4.78, 5) is 0. The van der Waals surface area contributed by atoms with E-state index in [1.54, 1.807) is 18.2 Å². The Morgan fingerprint density at radius 2 is 1.87 bits per heavy atom. The second-order valence-electron chi connectivity index (χ2n) is 4.73. The maximum Gasteiger partial charge on any atom is 0.416 e. The molecule has 0 saturated heterocycles. The zero-order valence-electron chi connectivity index (χ0n) is 12.1. The number of nitrogens with zero attached hydrogens (tertiary/aromatic N) is 1. The molecule has 0 unspecified atom stereocenters. The van der Waals surface area contributed by atoms with Gasteiger partial charge in [-0.1, -0.05) is 42.3 Å². The van der Waals surface area contributed by atoms with Gasteiger partial charge >= 0.3 is 6.18 Å². The fourth-order valence-electron chi connectivity index (χ4n) is 1.93. The highest BCUT2D eigenvalue weighted by atomic mass is 35.5. The summed E-state index contributed by atoms with van der Waals surface area (Å²) in [6, 6.07) is 10.1. The van der Waals surface area contributed by atoms with Crippen molar-refractivity contribution < 1.29 is 13.2 Å². The highest BCUT2D eigenvalue weighted by Gasteiger charge is 2.30. The third-order valence-electron chi connectivity index (χ3n) is 3.10. The van der Waals surface area contributed by atoms with Gasteiger partial charge in [0.2, 0.25) is 0 Å². The number of nitrogens with one attached hydrogen (secondary N) is 1. The van der Waals surface area contributed by atoms with Crippen LogP contribution in [-0.4, -0.2) is 5.71 Å². The van der Waals surface area contributed by atoms with Crippen LogP contribution >= 0.6 is 23.2 Å². The molecule has 1 N–H and O–H groups in total. The largest absolute Gasteiger partial charge is 0.416 e. The topological polar surface area (TPSA) is 24.4 Å². The van der Waals surface area contributed by atoms with Crippen molar-refractivity contribution in [3.05, 3.63) is 63.6 Å². The number of hydrogen-bond acceptors (Lipinski definition) is 2. The molecule has 0 heterocycles. The highest BCUT2D eigenvalue weighted by Crippen LogP contribution is 2.33. The third-order valence-corrected chi connectivity index (χ3v) is 3.66. The lowest BCUT2D eigenvalue weighted by molar-refractivity contribution is -0.137. The minimum absolute atomic E-state index is 0.0921. The van der Waals surface area contributed by atoms with E-state index in [1.807, 2.05) is 13.0 Å². The summed E-state index contributed by atoms with van der Waals surface area (Å²) in [6.45, 7) is 1.88.